The van der Waals surface area contributed by atoms with Crippen LogP contribution >= 0.6 is 11.6 Å². The summed E-state index contributed by atoms with van der Waals surface area (Å²) in [6.07, 6.45) is -4.60. The first-order chi connectivity index (χ1) is 15.1. The topological polar surface area (TPSA) is 78.0 Å². The largest absolute Gasteiger partial charge is 0.417 e. The van der Waals surface area contributed by atoms with Crippen molar-refractivity contribution in [3.8, 4) is 28.2 Å². The number of halogens is 4. The van der Waals surface area contributed by atoms with Crippen molar-refractivity contribution in [3.05, 3.63) is 89.4 Å². The predicted octanol–water partition coefficient (Wildman–Crippen LogP) is 5.53. The first-order valence-electron chi connectivity index (χ1n) is 9.20. The second-order valence-corrected chi connectivity index (χ2v) is 8.86. The van der Waals surface area contributed by atoms with E-state index in [1.165, 1.54) is 47.1 Å². The van der Waals surface area contributed by atoms with Gasteiger partial charge in [0.1, 0.15) is 4.90 Å². The Balaban J connectivity index is 2.02. The minimum absolute atomic E-state index is 0.0205. The summed E-state index contributed by atoms with van der Waals surface area (Å²) in [5, 5.41) is 10.2. The molecule has 0 atom stereocenters. The second-order valence-electron chi connectivity index (χ2n) is 6.89. The van der Waals surface area contributed by atoms with Crippen molar-refractivity contribution in [1.29, 1.82) is 0 Å². The van der Waals surface area contributed by atoms with E-state index < -0.39 is 21.8 Å². The van der Waals surface area contributed by atoms with E-state index in [0.717, 1.165) is 6.07 Å². The minimum Gasteiger partial charge on any atom is -0.231 e. The Morgan fingerprint density at radius 3 is 2.19 bits per heavy atom. The third-order valence-electron chi connectivity index (χ3n) is 4.76. The predicted molar refractivity (Wildman–Crippen MR) is 116 cm³/mol. The molecular formula is C22H15ClF3N3O2S. The Morgan fingerprint density at radius 2 is 1.53 bits per heavy atom. The molecule has 10 heteroatoms. The fourth-order valence-corrected chi connectivity index (χ4v) is 4.19. The van der Waals surface area contributed by atoms with E-state index in [1.807, 2.05) is 0 Å². The molecule has 0 aliphatic heterocycles. The second kappa shape index (κ2) is 8.09. The maximum absolute atomic E-state index is 13.6. The van der Waals surface area contributed by atoms with Gasteiger partial charge in [-0.05, 0) is 36.4 Å². The highest BCUT2D eigenvalue weighted by Gasteiger charge is 2.34. The molecule has 0 radical (unpaired) electrons. The van der Waals surface area contributed by atoms with Crippen LogP contribution in [0.15, 0.2) is 83.8 Å². The normalized spacial score (nSPS) is 12.2. The number of hydrogen-bond acceptors (Lipinski definition) is 3. The van der Waals surface area contributed by atoms with E-state index in [0.29, 0.717) is 16.3 Å². The number of sulfonamides is 1. The van der Waals surface area contributed by atoms with Crippen molar-refractivity contribution in [2.24, 2.45) is 5.14 Å². The fourth-order valence-electron chi connectivity index (χ4n) is 3.35. The molecule has 0 aliphatic rings. The Kier molecular flexibility index (Phi) is 5.58. The highest BCUT2D eigenvalue weighted by molar-refractivity contribution is 7.89. The van der Waals surface area contributed by atoms with E-state index in [4.69, 9.17) is 16.7 Å². The lowest BCUT2D eigenvalue weighted by atomic mass is 10.0. The molecule has 3 aromatic carbocycles. The number of nitrogens with two attached hydrogens (primary N) is 1. The summed E-state index contributed by atoms with van der Waals surface area (Å²) < 4.78 is 66.4. The molecule has 2 N–H and O–H groups in total. The Bertz CT molecular complexity index is 1400. The molecule has 5 nitrogen and oxygen atoms in total. The van der Waals surface area contributed by atoms with Crippen LogP contribution in [-0.4, -0.2) is 18.2 Å². The SMILES string of the molecule is NS(=O)(=O)c1ccccc1-n1nc(-c2ccccc2C(F)(F)F)cc1-c1ccc(Cl)cc1. The summed E-state index contributed by atoms with van der Waals surface area (Å²) >= 11 is 5.97. The number of rotatable bonds is 4. The van der Waals surface area contributed by atoms with E-state index in [9.17, 15) is 21.6 Å². The number of hydrogen-bond donors (Lipinski definition) is 1. The van der Waals surface area contributed by atoms with Crippen molar-refractivity contribution in [2.75, 3.05) is 0 Å². The van der Waals surface area contributed by atoms with Crippen molar-refractivity contribution < 1.29 is 21.6 Å². The molecule has 0 saturated carbocycles. The number of benzene rings is 3. The monoisotopic (exact) mass is 477 g/mol. The van der Waals surface area contributed by atoms with Crippen LogP contribution in [0.5, 0.6) is 0 Å². The van der Waals surface area contributed by atoms with Gasteiger partial charge >= 0.3 is 6.18 Å². The van der Waals surface area contributed by atoms with E-state index in [-0.39, 0.29) is 21.8 Å². The molecule has 0 spiro atoms. The van der Waals surface area contributed by atoms with Crippen LogP contribution in [-0.2, 0) is 16.2 Å². The number of aromatic nitrogens is 2. The van der Waals surface area contributed by atoms with E-state index >= 15 is 0 Å². The molecule has 0 aliphatic carbocycles. The maximum atomic E-state index is 13.6. The molecular weight excluding hydrogens is 463 g/mol. The summed E-state index contributed by atoms with van der Waals surface area (Å²) in [6.45, 7) is 0. The molecule has 0 saturated heterocycles. The number of para-hydroxylation sites is 1. The van der Waals surface area contributed by atoms with Crippen molar-refractivity contribution in [3.63, 3.8) is 0 Å². The fraction of sp³-hybridized carbons (Fsp3) is 0.0455. The minimum atomic E-state index is -4.60. The van der Waals surface area contributed by atoms with E-state index in [1.54, 1.807) is 30.3 Å². The summed E-state index contributed by atoms with van der Waals surface area (Å²) in [4.78, 5) is -0.214. The quantitative estimate of drug-likeness (QED) is 0.420. The zero-order chi connectivity index (χ0) is 23.1. The van der Waals surface area contributed by atoms with Gasteiger partial charge in [-0.2, -0.15) is 18.3 Å². The van der Waals surface area contributed by atoms with Crippen LogP contribution in [0.4, 0.5) is 13.2 Å². The molecule has 164 valence electrons. The van der Waals surface area contributed by atoms with Crippen molar-refractivity contribution in [2.45, 2.75) is 11.1 Å². The van der Waals surface area contributed by atoms with Gasteiger partial charge in [-0.15, -0.1) is 0 Å². The van der Waals surface area contributed by atoms with Gasteiger partial charge in [0.05, 0.1) is 22.6 Å². The van der Waals surface area contributed by atoms with Gasteiger partial charge in [0, 0.05) is 16.1 Å². The lowest BCUT2D eigenvalue weighted by Crippen LogP contribution is -2.16. The number of primary sulfonamides is 1. The van der Waals surface area contributed by atoms with Crippen LogP contribution in [0.25, 0.3) is 28.2 Å². The zero-order valence-electron chi connectivity index (χ0n) is 16.2. The summed E-state index contributed by atoms with van der Waals surface area (Å²) in [5.74, 6) is 0. The lowest BCUT2D eigenvalue weighted by Gasteiger charge is -2.12. The average molecular weight is 478 g/mol. The molecule has 0 unspecified atom stereocenters. The van der Waals surface area contributed by atoms with Gasteiger partial charge in [-0.3, -0.25) is 0 Å². The first kappa shape index (κ1) is 22.1. The zero-order valence-corrected chi connectivity index (χ0v) is 17.8. The lowest BCUT2D eigenvalue weighted by molar-refractivity contribution is -0.137. The molecule has 4 rings (SSSR count). The van der Waals surface area contributed by atoms with E-state index in [2.05, 4.69) is 5.10 Å². The third-order valence-corrected chi connectivity index (χ3v) is 5.97. The van der Waals surface area contributed by atoms with Gasteiger partial charge in [0.2, 0.25) is 10.0 Å². The van der Waals surface area contributed by atoms with Gasteiger partial charge < -0.3 is 0 Å². The molecule has 1 heterocycles. The molecule has 0 amide bonds. The summed E-state index contributed by atoms with van der Waals surface area (Å²) in [7, 11) is -4.14. The first-order valence-corrected chi connectivity index (χ1v) is 11.1. The van der Waals surface area contributed by atoms with Crippen LogP contribution in [0.3, 0.4) is 0 Å². The molecule has 1 aromatic heterocycles. The Hall–Kier alpha value is -3.14. The summed E-state index contributed by atoms with van der Waals surface area (Å²) in [6, 6.07) is 18.9. The van der Waals surface area contributed by atoms with Crippen LogP contribution in [0.2, 0.25) is 5.02 Å². The van der Waals surface area contributed by atoms with Crippen LogP contribution in [0, 0.1) is 0 Å². The highest BCUT2D eigenvalue weighted by Crippen LogP contribution is 2.38. The van der Waals surface area contributed by atoms with Crippen LogP contribution < -0.4 is 5.14 Å². The van der Waals surface area contributed by atoms with Crippen LogP contribution in [0.1, 0.15) is 5.56 Å². The number of nitrogens with zero attached hydrogens (tertiary/aromatic N) is 2. The third kappa shape index (κ3) is 4.27. The van der Waals surface area contributed by atoms with Gasteiger partial charge in [-0.25, -0.2) is 18.2 Å². The number of alkyl halides is 3. The van der Waals surface area contributed by atoms with Gasteiger partial charge in [-0.1, -0.05) is 54.1 Å². The molecule has 4 aromatic rings. The standard InChI is InChI=1S/C22H15ClF3N3O2S/c23-15-11-9-14(10-12-15)20-13-18(16-5-1-2-6-17(16)22(24,25)26)28-29(20)19-7-3-4-8-21(19)32(27,30)31/h1-13H,(H2,27,30,31). The summed E-state index contributed by atoms with van der Waals surface area (Å²) in [5.41, 5.74) is 0.0727. The molecule has 0 bridgehead atoms. The molecule has 0 fully saturated rings. The smallest absolute Gasteiger partial charge is 0.231 e. The Labute approximate surface area is 186 Å². The van der Waals surface area contributed by atoms with Gasteiger partial charge in [0.25, 0.3) is 0 Å². The maximum Gasteiger partial charge on any atom is 0.417 e. The highest BCUT2D eigenvalue weighted by atomic mass is 35.5. The molecule has 32 heavy (non-hydrogen) atoms. The van der Waals surface area contributed by atoms with Gasteiger partial charge in [0.15, 0.2) is 0 Å². The van der Waals surface area contributed by atoms with Crippen molar-refractivity contribution >= 4 is 21.6 Å². The Morgan fingerprint density at radius 1 is 0.906 bits per heavy atom. The average Bonchev–Trinajstić information content (AvgIpc) is 3.18. The van der Waals surface area contributed by atoms with Crippen molar-refractivity contribution in [1.82, 2.24) is 9.78 Å².